The van der Waals surface area contributed by atoms with Gasteiger partial charge in [-0.25, -0.2) is 0 Å². The lowest BCUT2D eigenvalue weighted by Crippen LogP contribution is -2.17. The lowest BCUT2D eigenvalue weighted by molar-refractivity contribution is 0.660. The molecule has 12 aromatic rings. The third kappa shape index (κ3) is 7.07. The Morgan fingerprint density at radius 3 is 1.61 bits per heavy atom. The Kier molecular flexibility index (Phi) is 10.4. The number of anilines is 6. The number of nitrogens with zero attached hydrogens (tertiary/aromatic N) is 4. The van der Waals surface area contributed by atoms with Gasteiger partial charge in [0.1, 0.15) is 0 Å². The fraction of sp³-hybridized carbons (Fsp3) is 0.0435. The summed E-state index contributed by atoms with van der Waals surface area (Å²) in [6.45, 7) is 4.73. The largest absolute Gasteiger partial charge is 0.310 e. The predicted molar refractivity (Wildman–Crippen MR) is 310 cm³/mol. The molecule has 0 bridgehead atoms. The molecule has 0 radical (unpaired) electrons. The molecule has 1 aliphatic heterocycles. The maximum Gasteiger partial charge on any atom is 0.0645 e. The van der Waals surface area contributed by atoms with E-state index in [0.29, 0.717) is 0 Å². The Hall–Kier alpha value is -9.03. The van der Waals surface area contributed by atoms with E-state index in [4.69, 9.17) is 4.98 Å². The standard InChI is InChI=1S/C69H48N4S/c1-69(2)60-28-12-9-26-54(60)55-35-32-49(41-61(55)69)72(62-29-13-10-24-52(62)45-18-5-3-6-19-45)48-33-36-57-59(40-48)56-27-15-31-64-67(56)68(66(57)47-22-16-38-70-43-47)58-37-34-50(42-65(58)74-64)73(51-23-17-39-71-44-51)63-30-14-11-25-53(63)46-20-7-4-8-21-46/h3-44H,1-2H3. The highest BCUT2D eigenvalue weighted by atomic mass is 32.2. The minimum atomic E-state index is -0.163. The smallest absolute Gasteiger partial charge is 0.0645 e. The Labute approximate surface area is 435 Å². The molecular formula is C69H48N4S. The first kappa shape index (κ1) is 43.7. The van der Waals surface area contributed by atoms with Crippen LogP contribution in [0.1, 0.15) is 25.0 Å². The van der Waals surface area contributed by atoms with Crippen LogP contribution in [0.25, 0.3) is 77.2 Å². The number of pyridine rings is 2. The first-order valence-electron chi connectivity index (χ1n) is 25.3. The molecule has 4 nitrogen and oxygen atoms in total. The summed E-state index contributed by atoms with van der Waals surface area (Å²) in [5.41, 5.74) is 21.0. The second-order valence-electron chi connectivity index (χ2n) is 19.7. The lowest BCUT2D eigenvalue weighted by Gasteiger charge is -2.31. The van der Waals surface area contributed by atoms with Crippen molar-refractivity contribution in [2.75, 3.05) is 9.80 Å². The highest BCUT2D eigenvalue weighted by Gasteiger charge is 2.36. The van der Waals surface area contributed by atoms with Crippen LogP contribution in [0.2, 0.25) is 0 Å². The zero-order chi connectivity index (χ0) is 49.3. The topological polar surface area (TPSA) is 32.3 Å². The van der Waals surface area contributed by atoms with E-state index in [1.54, 1.807) is 0 Å². The molecule has 350 valence electrons. The summed E-state index contributed by atoms with van der Waals surface area (Å²) in [7, 11) is 0. The third-order valence-electron chi connectivity index (χ3n) is 15.2. The third-order valence-corrected chi connectivity index (χ3v) is 16.3. The molecule has 0 unspecified atom stereocenters. The summed E-state index contributed by atoms with van der Waals surface area (Å²) in [4.78, 5) is 16.6. The van der Waals surface area contributed by atoms with Crippen LogP contribution < -0.4 is 9.80 Å². The molecule has 0 amide bonds. The van der Waals surface area contributed by atoms with Crippen molar-refractivity contribution in [1.29, 1.82) is 0 Å². The van der Waals surface area contributed by atoms with Gasteiger partial charge in [-0.05, 0) is 133 Å². The van der Waals surface area contributed by atoms with Crippen molar-refractivity contribution in [2.45, 2.75) is 29.1 Å². The number of aromatic nitrogens is 2. The Bertz CT molecular complexity index is 4140. The van der Waals surface area contributed by atoms with Gasteiger partial charge in [0, 0.05) is 78.5 Å². The van der Waals surface area contributed by atoms with Gasteiger partial charge < -0.3 is 9.80 Å². The van der Waals surface area contributed by atoms with Crippen LogP contribution in [0.4, 0.5) is 34.1 Å². The van der Waals surface area contributed by atoms with Gasteiger partial charge in [0.2, 0.25) is 0 Å². The summed E-state index contributed by atoms with van der Waals surface area (Å²) in [5.74, 6) is 0. The van der Waals surface area contributed by atoms with Crippen molar-refractivity contribution >= 4 is 67.4 Å². The maximum atomic E-state index is 4.75. The average Bonchev–Trinajstić information content (AvgIpc) is 3.69. The van der Waals surface area contributed by atoms with E-state index in [-0.39, 0.29) is 5.41 Å². The van der Waals surface area contributed by atoms with Gasteiger partial charge in [-0.3, -0.25) is 9.97 Å². The van der Waals surface area contributed by atoms with Crippen LogP contribution in [0.15, 0.2) is 265 Å². The predicted octanol–water partition coefficient (Wildman–Crippen LogP) is 19.2. The molecule has 0 fully saturated rings. The molecule has 0 spiro atoms. The molecule has 3 heterocycles. The molecule has 14 rings (SSSR count). The number of rotatable bonds is 9. The Morgan fingerprint density at radius 1 is 0.351 bits per heavy atom. The second-order valence-corrected chi connectivity index (χ2v) is 20.8. The number of benzene rings is 10. The minimum Gasteiger partial charge on any atom is -0.310 e. The summed E-state index contributed by atoms with van der Waals surface area (Å²) in [6.07, 6.45) is 7.70. The van der Waals surface area contributed by atoms with Crippen molar-refractivity contribution in [3.63, 3.8) is 0 Å². The van der Waals surface area contributed by atoms with E-state index in [1.165, 1.54) is 81.4 Å². The van der Waals surface area contributed by atoms with Crippen LogP contribution in [0.3, 0.4) is 0 Å². The normalized spacial score (nSPS) is 12.8. The molecular weight excluding hydrogens is 917 g/mol. The summed E-state index contributed by atoms with van der Waals surface area (Å²) < 4.78 is 0. The van der Waals surface area contributed by atoms with Crippen molar-refractivity contribution in [2.24, 2.45) is 0 Å². The molecule has 0 atom stereocenters. The molecule has 2 aliphatic rings. The SMILES string of the molecule is CC1(C)c2ccccc2-c2ccc(N(c3ccc4c(-c5cccnc5)c5c6c(cccc6c4c3)Sc3cc(N(c4cccnc4)c4ccccc4-c4ccccc4)ccc3-5)c3ccccc3-c3ccccc3)cc21. The molecule has 2 aromatic heterocycles. The van der Waals surface area contributed by atoms with Gasteiger partial charge in [0.25, 0.3) is 0 Å². The van der Waals surface area contributed by atoms with E-state index in [9.17, 15) is 0 Å². The van der Waals surface area contributed by atoms with Gasteiger partial charge >= 0.3 is 0 Å². The molecule has 5 heteroatoms. The molecule has 74 heavy (non-hydrogen) atoms. The number of fused-ring (bicyclic) bond motifs is 7. The Balaban J connectivity index is 0.987. The summed E-state index contributed by atoms with van der Waals surface area (Å²) in [5, 5.41) is 4.85. The summed E-state index contributed by atoms with van der Waals surface area (Å²) >= 11 is 1.85. The van der Waals surface area contributed by atoms with Crippen molar-refractivity contribution in [3.05, 3.63) is 266 Å². The average molecular weight is 965 g/mol. The maximum absolute atomic E-state index is 4.75. The quantitative estimate of drug-likeness (QED) is 0.135. The van der Waals surface area contributed by atoms with Gasteiger partial charge in [-0.1, -0.05) is 183 Å². The van der Waals surface area contributed by atoms with E-state index in [1.807, 2.05) is 42.6 Å². The van der Waals surface area contributed by atoms with Crippen molar-refractivity contribution in [3.8, 4) is 55.6 Å². The molecule has 10 aromatic carbocycles. The Morgan fingerprint density at radius 2 is 0.919 bits per heavy atom. The fourth-order valence-electron chi connectivity index (χ4n) is 11.8. The molecule has 1 aliphatic carbocycles. The van der Waals surface area contributed by atoms with Crippen LogP contribution >= 0.6 is 11.8 Å². The van der Waals surface area contributed by atoms with E-state index < -0.39 is 0 Å². The number of hydrogen-bond donors (Lipinski definition) is 0. The van der Waals surface area contributed by atoms with E-state index in [0.717, 1.165) is 50.8 Å². The fourth-order valence-corrected chi connectivity index (χ4v) is 13.0. The van der Waals surface area contributed by atoms with Crippen molar-refractivity contribution in [1.82, 2.24) is 9.97 Å². The monoisotopic (exact) mass is 964 g/mol. The van der Waals surface area contributed by atoms with Crippen LogP contribution in [0, 0.1) is 0 Å². The zero-order valence-corrected chi connectivity index (χ0v) is 41.8. The number of para-hydroxylation sites is 2. The van der Waals surface area contributed by atoms with Crippen LogP contribution in [-0.2, 0) is 5.41 Å². The minimum absolute atomic E-state index is 0.163. The first-order valence-corrected chi connectivity index (χ1v) is 26.1. The van der Waals surface area contributed by atoms with Gasteiger partial charge in [-0.15, -0.1) is 0 Å². The van der Waals surface area contributed by atoms with Gasteiger partial charge in [0.05, 0.1) is 23.3 Å². The first-order chi connectivity index (χ1) is 36.5. The molecule has 0 saturated carbocycles. The highest BCUT2D eigenvalue weighted by Crippen LogP contribution is 2.57. The molecule has 0 saturated heterocycles. The van der Waals surface area contributed by atoms with Crippen molar-refractivity contribution < 1.29 is 0 Å². The van der Waals surface area contributed by atoms with E-state index >= 15 is 0 Å². The van der Waals surface area contributed by atoms with Crippen LogP contribution in [0.5, 0.6) is 0 Å². The number of hydrogen-bond acceptors (Lipinski definition) is 5. The van der Waals surface area contributed by atoms with Gasteiger partial charge in [0.15, 0.2) is 0 Å². The second kappa shape index (κ2) is 17.6. The zero-order valence-electron chi connectivity index (χ0n) is 40.9. The highest BCUT2D eigenvalue weighted by molar-refractivity contribution is 7.99. The van der Waals surface area contributed by atoms with Gasteiger partial charge in [-0.2, -0.15) is 0 Å². The molecule has 0 N–H and O–H groups in total. The summed E-state index contributed by atoms with van der Waals surface area (Å²) in [6, 6.07) is 84.4. The van der Waals surface area contributed by atoms with E-state index in [2.05, 4.69) is 253 Å². The lowest BCUT2D eigenvalue weighted by atomic mass is 9.82. The van der Waals surface area contributed by atoms with Crippen LogP contribution in [-0.4, -0.2) is 9.97 Å².